The highest BCUT2D eigenvalue weighted by molar-refractivity contribution is 5.49. The summed E-state index contributed by atoms with van der Waals surface area (Å²) in [7, 11) is 0. The zero-order chi connectivity index (χ0) is 7.94. The predicted octanol–water partition coefficient (Wildman–Crippen LogP) is 2.87. The molecule has 1 aromatic rings. The Hall–Kier alpha value is -1.11. The minimum atomic E-state index is -0.399. The molecule has 0 N–H and O–H groups in total. The van der Waals surface area contributed by atoms with Crippen molar-refractivity contribution in [3.63, 3.8) is 0 Å². The molecule has 0 aliphatic heterocycles. The Morgan fingerprint density at radius 1 is 1.18 bits per heavy atom. The summed E-state index contributed by atoms with van der Waals surface area (Å²) < 4.78 is 11.6. The number of allylic oxidation sites excluding steroid dienone is 1. The number of benzene rings is 1. The molecule has 0 heterocycles. The molecule has 0 fully saturated rings. The van der Waals surface area contributed by atoms with Crippen LogP contribution in [0, 0.1) is 6.42 Å². The zero-order valence-corrected chi connectivity index (χ0v) is 6.20. The second-order valence-electron chi connectivity index (χ2n) is 2.16. The van der Waals surface area contributed by atoms with Gasteiger partial charge in [0.25, 0.3) is 0 Å². The average Bonchev–Trinajstić information content (AvgIpc) is 2.07. The maximum absolute atomic E-state index is 11.6. The van der Waals surface area contributed by atoms with Crippen molar-refractivity contribution in [2.24, 2.45) is 0 Å². The van der Waals surface area contributed by atoms with E-state index in [1.165, 1.54) is 6.42 Å². The summed E-state index contributed by atoms with van der Waals surface area (Å²) in [6.07, 6.45) is 5.07. The normalized spacial score (nSPS) is 10.6. The molecule has 1 rings (SSSR count). The van der Waals surface area contributed by atoms with E-state index < -0.39 is 6.67 Å². The highest BCUT2D eigenvalue weighted by Gasteiger charge is 1.81. The third-order valence-electron chi connectivity index (χ3n) is 1.31. The first-order valence-corrected chi connectivity index (χ1v) is 3.54. The Morgan fingerprint density at radius 2 is 1.91 bits per heavy atom. The number of hydrogen-bond acceptors (Lipinski definition) is 0. The smallest absolute Gasteiger partial charge is 0.0963 e. The number of alkyl halides is 1. The Balaban J connectivity index is 2.50. The molecule has 0 saturated carbocycles. The van der Waals surface area contributed by atoms with Gasteiger partial charge in [-0.05, 0) is 5.56 Å². The van der Waals surface area contributed by atoms with Crippen LogP contribution >= 0.6 is 0 Å². The fourth-order valence-electron chi connectivity index (χ4n) is 0.795. The quantitative estimate of drug-likeness (QED) is 0.619. The molecule has 0 aliphatic carbocycles. The number of rotatable bonds is 3. The summed E-state index contributed by atoms with van der Waals surface area (Å²) in [4.78, 5) is 0. The fraction of sp³-hybridized carbons (Fsp3) is 0.100. The van der Waals surface area contributed by atoms with Gasteiger partial charge in [0.05, 0.1) is 6.67 Å². The van der Waals surface area contributed by atoms with Gasteiger partial charge >= 0.3 is 0 Å². The number of hydrogen-bond donors (Lipinski definition) is 0. The maximum atomic E-state index is 11.6. The SMILES string of the molecule is FC[CH]C=Cc1ccccc1. The first-order valence-electron chi connectivity index (χ1n) is 3.54. The summed E-state index contributed by atoms with van der Waals surface area (Å²) in [5.41, 5.74) is 1.09. The van der Waals surface area contributed by atoms with Crippen molar-refractivity contribution in [3.8, 4) is 0 Å². The lowest BCUT2D eigenvalue weighted by atomic mass is 10.2. The first-order chi connectivity index (χ1) is 5.43. The van der Waals surface area contributed by atoms with Crippen molar-refractivity contribution in [1.82, 2.24) is 0 Å². The molecular weight excluding hydrogens is 139 g/mol. The third-order valence-corrected chi connectivity index (χ3v) is 1.31. The number of halogens is 1. The molecule has 0 unspecified atom stereocenters. The molecule has 57 valence electrons. The van der Waals surface area contributed by atoms with Gasteiger partial charge < -0.3 is 0 Å². The van der Waals surface area contributed by atoms with E-state index in [1.54, 1.807) is 6.08 Å². The Kier molecular flexibility index (Phi) is 3.39. The van der Waals surface area contributed by atoms with Gasteiger partial charge in [0.1, 0.15) is 0 Å². The summed E-state index contributed by atoms with van der Waals surface area (Å²) in [6.45, 7) is -0.399. The molecule has 1 radical (unpaired) electrons. The highest BCUT2D eigenvalue weighted by Crippen LogP contribution is 2.01. The van der Waals surface area contributed by atoms with Gasteiger partial charge in [0.15, 0.2) is 0 Å². The van der Waals surface area contributed by atoms with Crippen LogP contribution in [0.4, 0.5) is 4.39 Å². The predicted molar refractivity (Wildman–Crippen MR) is 45.8 cm³/mol. The third kappa shape index (κ3) is 2.99. The summed E-state index contributed by atoms with van der Waals surface area (Å²) in [5.74, 6) is 0. The molecule has 0 nitrogen and oxygen atoms in total. The highest BCUT2D eigenvalue weighted by atomic mass is 19.1. The van der Waals surface area contributed by atoms with E-state index in [9.17, 15) is 4.39 Å². The Bertz CT molecular complexity index is 214. The molecule has 0 aromatic heterocycles. The molecule has 1 heteroatoms. The molecular formula is C10H10F. The van der Waals surface area contributed by atoms with Crippen LogP contribution in [0.15, 0.2) is 36.4 Å². The van der Waals surface area contributed by atoms with Crippen LogP contribution in [0.3, 0.4) is 0 Å². The summed E-state index contributed by atoms with van der Waals surface area (Å²) in [6, 6.07) is 9.81. The van der Waals surface area contributed by atoms with Gasteiger partial charge in [-0.25, -0.2) is 0 Å². The molecule has 0 bridgehead atoms. The van der Waals surface area contributed by atoms with E-state index >= 15 is 0 Å². The van der Waals surface area contributed by atoms with Gasteiger partial charge in [0.2, 0.25) is 0 Å². The lowest BCUT2D eigenvalue weighted by Gasteiger charge is -1.88. The van der Waals surface area contributed by atoms with E-state index in [1.807, 2.05) is 36.4 Å². The van der Waals surface area contributed by atoms with Crippen LogP contribution in [0.25, 0.3) is 6.08 Å². The minimum Gasteiger partial charge on any atom is -0.250 e. The van der Waals surface area contributed by atoms with Crippen molar-refractivity contribution in [3.05, 3.63) is 48.4 Å². The molecule has 0 atom stereocenters. The van der Waals surface area contributed by atoms with Crippen molar-refractivity contribution in [1.29, 1.82) is 0 Å². The van der Waals surface area contributed by atoms with Gasteiger partial charge in [-0.2, -0.15) is 0 Å². The molecule has 0 amide bonds. The fourth-order valence-corrected chi connectivity index (χ4v) is 0.795. The van der Waals surface area contributed by atoms with Crippen LogP contribution in [0.2, 0.25) is 0 Å². The monoisotopic (exact) mass is 149 g/mol. The second-order valence-corrected chi connectivity index (χ2v) is 2.16. The van der Waals surface area contributed by atoms with Crippen LogP contribution in [-0.4, -0.2) is 6.67 Å². The lowest BCUT2D eigenvalue weighted by molar-refractivity contribution is 0.546. The van der Waals surface area contributed by atoms with E-state index in [0.717, 1.165) is 5.56 Å². The standard InChI is InChI=1S/C10H10F/c11-9-5-4-8-10-6-2-1-3-7-10/h1-8H,9H2. The molecule has 1 aromatic carbocycles. The average molecular weight is 149 g/mol. The van der Waals surface area contributed by atoms with E-state index in [2.05, 4.69) is 0 Å². The van der Waals surface area contributed by atoms with Gasteiger partial charge in [-0.3, -0.25) is 4.39 Å². The molecule has 0 aliphatic rings. The van der Waals surface area contributed by atoms with E-state index in [-0.39, 0.29) is 0 Å². The van der Waals surface area contributed by atoms with Gasteiger partial charge in [-0.15, -0.1) is 0 Å². The van der Waals surface area contributed by atoms with E-state index in [4.69, 9.17) is 0 Å². The van der Waals surface area contributed by atoms with E-state index in [0.29, 0.717) is 0 Å². The van der Waals surface area contributed by atoms with Crippen molar-refractivity contribution >= 4 is 6.08 Å². The molecule has 11 heavy (non-hydrogen) atoms. The second kappa shape index (κ2) is 4.67. The largest absolute Gasteiger partial charge is 0.250 e. The van der Waals surface area contributed by atoms with Gasteiger partial charge in [-0.1, -0.05) is 42.5 Å². The topological polar surface area (TPSA) is 0 Å². The Morgan fingerprint density at radius 3 is 2.55 bits per heavy atom. The Labute approximate surface area is 66.4 Å². The van der Waals surface area contributed by atoms with Crippen LogP contribution in [-0.2, 0) is 0 Å². The summed E-state index contributed by atoms with van der Waals surface area (Å²) >= 11 is 0. The van der Waals surface area contributed by atoms with Crippen molar-refractivity contribution < 1.29 is 4.39 Å². The molecule has 0 spiro atoms. The first kappa shape index (κ1) is 7.99. The minimum absolute atomic E-state index is 0.399. The van der Waals surface area contributed by atoms with Crippen LogP contribution in [0.5, 0.6) is 0 Å². The summed E-state index contributed by atoms with van der Waals surface area (Å²) in [5, 5.41) is 0. The van der Waals surface area contributed by atoms with Crippen LogP contribution < -0.4 is 0 Å². The van der Waals surface area contributed by atoms with Gasteiger partial charge in [0, 0.05) is 6.42 Å². The lowest BCUT2D eigenvalue weighted by Crippen LogP contribution is -1.71. The van der Waals surface area contributed by atoms with Crippen molar-refractivity contribution in [2.75, 3.05) is 6.67 Å². The van der Waals surface area contributed by atoms with Crippen molar-refractivity contribution in [2.45, 2.75) is 0 Å². The maximum Gasteiger partial charge on any atom is 0.0963 e. The molecule has 0 saturated heterocycles. The zero-order valence-electron chi connectivity index (χ0n) is 6.20. The van der Waals surface area contributed by atoms with Crippen LogP contribution in [0.1, 0.15) is 5.56 Å².